The molecule has 0 fully saturated rings. The van der Waals surface area contributed by atoms with Gasteiger partial charge in [0.1, 0.15) is 11.5 Å². The number of nitrogens with two attached hydrogens (primary N) is 2. The fraction of sp³-hybridized carbons (Fsp3) is 0. The number of anilines is 6. The molecule has 4 aromatic carbocycles. The minimum Gasteiger partial charge on any atom is -0.457 e. The maximum Gasteiger partial charge on any atom is 0.129 e. The van der Waals surface area contributed by atoms with E-state index < -0.39 is 0 Å². The second-order valence-electron chi connectivity index (χ2n) is 6.58. The Morgan fingerprint density at radius 2 is 0.966 bits per heavy atom. The molecular weight excluding hydrogens is 360 g/mol. The predicted octanol–water partition coefficient (Wildman–Crippen LogP) is 6.13. The summed E-state index contributed by atoms with van der Waals surface area (Å²) in [6, 6.07) is 30.8. The molecule has 0 spiro atoms. The maximum atomic E-state index is 6.05. The first kappa shape index (κ1) is 18.3. The van der Waals surface area contributed by atoms with Gasteiger partial charge < -0.3 is 26.8 Å². The lowest BCUT2D eigenvalue weighted by Gasteiger charge is -2.13. The Morgan fingerprint density at radius 3 is 1.41 bits per heavy atom. The van der Waals surface area contributed by atoms with Gasteiger partial charge in [0, 0.05) is 23.5 Å². The van der Waals surface area contributed by atoms with E-state index in [0.717, 1.165) is 34.2 Å². The molecule has 0 unspecified atom stereocenters. The quantitative estimate of drug-likeness (QED) is 0.301. The fourth-order valence-corrected chi connectivity index (χ4v) is 2.94. The van der Waals surface area contributed by atoms with Gasteiger partial charge in [0.2, 0.25) is 0 Å². The Balaban J connectivity index is 1.50. The van der Waals surface area contributed by atoms with E-state index in [-0.39, 0.29) is 0 Å². The van der Waals surface area contributed by atoms with Crippen molar-refractivity contribution in [2.75, 3.05) is 22.1 Å². The number of hydrogen-bond donors (Lipinski definition) is 4. The standard InChI is InChI=1S/C24H22N4O/c25-21-11-1-3-13-23(21)27-17-7-5-9-19(15-17)29-20-10-6-8-18(16-20)28-24-14-4-2-12-22(24)26/h1-16,27-28H,25-26H2. The molecule has 0 heterocycles. The summed E-state index contributed by atoms with van der Waals surface area (Å²) in [6.45, 7) is 0. The molecule has 0 amide bonds. The minimum absolute atomic E-state index is 0.692. The first-order valence-electron chi connectivity index (χ1n) is 9.28. The van der Waals surface area contributed by atoms with Crippen LogP contribution in [0.15, 0.2) is 97.1 Å². The zero-order valence-electron chi connectivity index (χ0n) is 15.8. The number of nitrogen functional groups attached to an aromatic ring is 2. The van der Waals surface area contributed by atoms with Crippen LogP contribution in [0.5, 0.6) is 11.5 Å². The van der Waals surface area contributed by atoms with Crippen molar-refractivity contribution in [2.24, 2.45) is 0 Å². The van der Waals surface area contributed by atoms with Crippen molar-refractivity contribution in [3.63, 3.8) is 0 Å². The summed E-state index contributed by atoms with van der Waals surface area (Å²) in [6.07, 6.45) is 0. The summed E-state index contributed by atoms with van der Waals surface area (Å²) < 4.78 is 6.05. The molecule has 0 atom stereocenters. The van der Waals surface area contributed by atoms with E-state index in [9.17, 15) is 0 Å². The predicted molar refractivity (Wildman–Crippen MR) is 121 cm³/mol. The van der Waals surface area contributed by atoms with Crippen molar-refractivity contribution in [1.82, 2.24) is 0 Å². The van der Waals surface area contributed by atoms with Crippen molar-refractivity contribution in [3.05, 3.63) is 97.1 Å². The van der Waals surface area contributed by atoms with Crippen LogP contribution >= 0.6 is 0 Å². The van der Waals surface area contributed by atoms with Crippen molar-refractivity contribution < 1.29 is 4.74 Å². The smallest absolute Gasteiger partial charge is 0.129 e. The molecule has 0 radical (unpaired) electrons. The van der Waals surface area contributed by atoms with Crippen LogP contribution in [0.4, 0.5) is 34.1 Å². The highest BCUT2D eigenvalue weighted by Crippen LogP contribution is 2.30. The van der Waals surface area contributed by atoms with Crippen LogP contribution in [0.2, 0.25) is 0 Å². The third-order valence-corrected chi connectivity index (χ3v) is 4.38. The zero-order valence-corrected chi connectivity index (χ0v) is 15.8. The van der Waals surface area contributed by atoms with Crippen molar-refractivity contribution >= 4 is 34.1 Å². The monoisotopic (exact) mass is 382 g/mol. The number of rotatable bonds is 6. The van der Waals surface area contributed by atoms with Gasteiger partial charge in [-0.2, -0.15) is 0 Å². The number of benzene rings is 4. The molecule has 0 aliphatic rings. The summed E-state index contributed by atoms with van der Waals surface area (Å²) in [4.78, 5) is 0. The van der Waals surface area contributed by atoms with Gasteiger partial charge >= 0.3 is 0 Å². The summed E-state index contributed by atoms with van der Waals surface area (Å²) in [5, 5.41) is 6.63. The molecule has 6 N–H and O–H groups in total. The SMILES string of the molecule is Nc1ccccc1Nc1cccc(Oc2cccc(Nc3ccccc3N)c2)c1. The van der Waals surface area contributed by atoms with E-state index in [0.29, 0.717) is 11.4 Å². The first-order valence-corrected chi connectivity index (χ1v) is 9.28. The van der Waals surface area contributed by atoms with Crippen LogP contribution in [0, 0.1) is 0 Å². The topological polar surface area (TPSA) is 85.3 Å². The van der Waals surface area contributed by atoms with Crippen LogP contribution in [0.25, 0.3) is 0 Å². The lowest BCUT2D eigenvalue weighted by Crippen LogP contribution is -1.96. The molecule has 0 saturated heterocycles. The molecule has 5 nitrogen and oxygen atoms in total. The number of nitrogens with one attached hydrogen (secondary N) is 2. The van der Waals surface area contributed by atoms with Gasteiger partial charge in [0.15, 0.2) is 0 Å². The Morgan fingerprint density at radius 1 is 0.517 bits per heavy atom. The van der Waals surface area contributed by atoms with E-state index in [2.05, 4.69) is 10.6 Å². The van der Waals surface area contributed by atoms with E-state index >= 15 is 0 Å². The first-order chi connectivity index (χ1) is 14.2. The minimum atomic E-state index is 0.692. The summed E-state index contributed by atoms with van der Waals surface area (Å²) in [5.74, 6) is 1.45. The average Bonchev–Trinajstić information content (AvgIpc) is 2.72. The summed E-state index contributed by atoms with van der Waals surface area (Å²) >= 11 is 0. The van der Waals surface area contributed by atoms with Gasteiger partial charge in [-0.05, 0) is 48.5 Å². The zero-order chi connectivity index (χ0) is 20.1. The second-order valence-corrected chi connectivity index (χ2v) is 6.58. The van der Waals surface area contributed by atoms with Crippen LogP contribution in [0.3, 0.4) is 0 Å². The number of hydrogen-bond acceptors (Lipinski definition) is 5. The normalized spacial score (nSPS) is 10.3. The Kier molecular flexibility index (Phi) is 5.21. The van der Waals surface area contributed by atoms with Gasteiger partial charge in [-0.3, -0.25) is 0 Å². The Hall–Kier alpha value is -4.12. The van der Waals surface area contributed by atoms with Crippen LogP contribution in [0.1, 0.15) is 0 Å². The number of ether oxygens (including phenoxy) is 1. The molecule has 0 aliphatic heterocycles. The highest BCUT2D eigenvalue weighted by atomic mass is 16.5. The highest BCUT2D eigenvalue weighted by Gasteiger charge is 2.04. The molecule has 5 heteroatoms. The van der Waals surface area contributed by atoms with Crippen molar-refractivity contribution in [3.8, 4) is 11.5 Å². The lowest BCUT2D eigenvalue weighted by atomic mass is 10.2. The molecule has 29 heavy (non-hydrogen) atoms. The fourth-order valence-electron chi connectivity index (χ4n) is 2.94. The van der Waals surface area contributed by atoms with Crippen LogP contribution in [-0.2, 0) is 0 Å². The average molecular weight is 382 g/mol. The van der Waals surface area contributed by atoms with Gasteiger partial charge in [-0.15, -0.1) is 0 Å². The number of para-hydroxylation sites is 4. The van der Waals surface area contributed by atoms with E-state index in [1.165, 1.54) is 0 Å². The van der Waals surface area contributed by atoms with Crippen LogP contribution < -0.4 is 26.8 Å². The maximum absolute atomic E-state index is 6.05. The summed E-state index contributed by atoms with van der Waals surface area (Å²) in [7, 11) is 0. The van der Waals surface area contributed by atoms with E-state index in [1.807, 2.05) is 97.1 Å². The Labute approximate surface area is 169 Å². The molecule has 4 rings (SSSR count). The van der Waals surface area contributed by atoms with E-state index in [1.54, 1.807) is 0 Å². The van der Waals surface area contributed by atoms with Crippen molar-refractivity contribution in [2.45, 2.75) is 0 Å². The molecule has 144 valence electrons. The molecule has 0 saturated carbocycles. The van der Waals surface area contributed by atoms with Gasteiger partial charge in [-0.25, -0.2) is 0 Å². The van der Waals surface area contributed by atoms with Gasteiger partial charge in [0.05, 0.1) is 22.7 Å². The summed E-state index contributed by atoms with van der Waals surface area (Å²) in [5.41, 5.74) is 16.9. The third-order valence-electron chi connectivity index (χ3n) is 4.38. The third kappa shape index (κ3) is 4.59. The molecular formula is C24H22N4O. The molecule has 0 aliphatic carbocycles. The Bertz CT molecular complexity index is 1040. The van der Waals surface area contributed by atoms with Gasteiger partial charge in [-0.1, -0.05) is 36.4 Å². The molecule has 4 aromatic rings. The highest BCUT2D eigenvalue weighted by molar-refractivity contribution is 5.74. The molecule has 0 bridgehead atoms. The van der Waals surface area contributed by atoms with E-state index in [4.69, 9.17) is 16.2 Å². The van der Waals surface area contributed by atoms with Crippen LogP contribution in [-0.4, -0.2) is 0 Å². The lowest BCUT2D eigenvalue weighted by molar-refractivity contribution is 0.483. The largest absolute Gasteiger partial charge is 0.457 e. The molecule has 0 aromatic heterocycles. The van der Waals surface area contributed by atoms with Crippen molar-refractivity contribution in [1.29, 1.82) is 0 Å². The second kappa shape index (κ2) is 8.27. The van der Waals surface area contributed by atoms with Gasteiger partial charge in [0.25, 0.3) is 0 Å².